The summed E-state index contributed by atoms with van der Waals surface area (Å²) in [5.41, 5.74) is 1.43. The smallest absolute Gasteiger partial charge is 0.279 e. The average Bonchev–Trinajstić information content (AvgIpc) is 2.51. The van der Waals surface area contributed by atoms with Gasteiger partial charge >= 0.3 is 0 Å². The predicted octanol–water partition coefficient (Wildman–Crippen LogP) is 3.84. The second kappa shape index (κ2) is 7.92. The number of nitrogens with two attached hydrogens (primary N) is 1. The molecule has 24 heavy (non-hydrogen) atoms. The number of nitrogens with one attached hydrogen (secondary N) is 1. The first-order valence-electron chi connectivity index (χ1n) is 7.31. The average molecular weight is 374 g/mol. The first kappa shape index (κ1) is 18.6. The van der Waals surface area contributed by atoms with Gasteiger partial charge in [-0.3, -0.25) is 4.79 Å². The van der Waals surface area contributed by atoms with Gasteiger partial charge in [-0.25, -0.2) is 8.78 Å². The highest BCUT2D eigenvalue weighted by atomic mass is 35.5. The van der Waals surface area contributed by atoms with Gasteiger partial charge in [-0.2, -0.15) is 0 Å². The molecule has 2 rings (SSSR count). The van der Waals surface area contributed by atoms with Crippen molar-refractivity contribution >= 4 is 34.8 Å². The highest BCUT2D eigenvalue weighted by Gasteiger charge is 2.17. The number of benzene rings is 2. The molecule has 0 unspecified atom stereocenters. The van der Waals surface area contributed by atoms with Gasteiger partial charge in [0.05, 0.1) is 15.7 Å². The topological polar surface area (TPSA) is 45.7 Å². The molecule has 0 spiro atoms. The lowest BCUT2D eigenvalue weighted by Crippen LogP contribution is -2.86. The molecule has 2 aromatic carbocycles. The van der Waals surface area contributed by atoms with E-state index in [4.69, 9.17) is 23.2 Å². The monoisotopic (exact) mass is 373 g/mol. The maximum Gasteiger partial charge on any atom is 0.279 e. The highest BCUT2D eigenvalue weighted by molar-refractivity contribution is 6.35. The van der Waals surface area contributed by atoms with Crippen LogP contribution in [0.4, 0.5) is 14.5 Å². The third-order valence-corrected chi connectivity index (χ3v) is 4.20. The molecule has 2 aromatic rings. The largest absolute Gasteiger partial charge is 0.332 e. The van der Waals surface area contributed by atoms with E-state index in [1.165, 1.54) is 24.3 Å². The van der Waals surface area contributed by atoms with Gasteiger partial charge in [-0.05, 0) is 43.7 Å². The summed E-state index contributed by atoms with van der Waals surface area (Å²) in [5, 5.41) is 4.46. The molecule has 3 nitrogen and oxygen atoms in total. The molecule has 0 aromatic heterocycles. The van der Waals surface area contributed by atoms with Crippen LogP contribution in [0.2, 0.25) is 10.0 Å². The molecule has 0 saturated heterocycles. The Morgan fingerprint density at radius 2 is 1.88 bits per heavy atom. The van der Waals surface area contributed by atoms with Gasteiger partial charge < -0.3 is 10.6 Å². The SMILES string of the molecule is Cc1ccc(NC(=O)C[NH2+][C@H](C)c2cc(F)c(Cl)cc2Cl)c(F)c1. The zero-order valence-electron chi connectivity index (χ0n) is 13.2. The van der Waals surface area contributed by atoms with Gasteiger partial charge in [0.2, 0.25) is 0 Å². The van der Waals surface area contributed by atoms with E-state index in [0.717, 1.165) is 5.56 Å². The molecule has 7 heteroatoms. The first-order valence-corrected chi connectivity index (χ1v) is 8.07. The van der Waals surface area contributed by atoms with E-state index in [0.29, 0.717) is 10.6 Å². The molecular formula is C17H17Cl2F2N2O+. The van der Waals surface area contributed by atoms with Crippen molar-refractivity contribution < 1.29 is 18.9 Å². The van der Waals surface area contributed by atoms with E-state index in [-0.39, 0.29) is 29.2 Å². The summed E-state index contributed by atoms with van der Waals surface area (Å²) in [6, 6.07) is 6.89. The van der Waals surface area contributed by atoms with E-state index in [1.54, 1.807) is 25.2 Å². The molecule has 0 heterocycles. The predicted molar refractivity (Wildman–Crippen MR) is 91.4 cm³/mol. The van der Waals surface area contributed by atoms with Crippen LogP contribution < -0.4 is 10.6 Å². The Balaban J connectivity index is 1.97. The third kappa shape index (κ3) is 4.66. The minimum absolute atomic E-state index is 0.0368. The molecule has 1 amide bonds. The summed E-state index contributed by atoms with van der Waals surface area (Å²) >= 11 is 11.7. The second-order valence-electron chi connectivity index (χ2n) is 5.55. The van der Waals surface area contributed by atoms with E-state index in [9.17, 15) is 13.6 Å². The molecule has 0 saturated carbocycles. The van der Waals surface area contributed by atoms with Crippen LogP contribution in [-0.4, -0.2) is 12.5 Å². The molecule has 0 aliphatic heterocycles. The van der Waals surface area contributed by atoms with Crippen LogP contribution in [-0.2, 0) is 4.79 Å². The number of amides is 1. The fraction of sp³-hybridized carbons (Fsp3) is 0.235. The van der Waals surface area contributed by atoms with Gasteiger partial charge in [0.15, 0.2) is 6.54 Å². The number of aryl methyl sites for hydroxylation is 1. The number of carbonyl (C=O) groups excluding carboxylic acids is 1. The van der Waals surface area contributed by atoms with Crippen molar-refractivity contribution in [1.82, 2.24) is 0 Å². The lowest BCUT2D eigenvalue weighted by Gasteiger charge is -2.13. The van der Waals surface area contributed by atoms with Crippen molar-refractivity contribution in [2.24, 2.45) is 0 Å². The van der Waals surface area contributed by atoms with Gasteiger partial charge in [0.25, 0.3) is 5.91 Å². The van der Waals surface area contributed by atoms with Gasteiger partial charge in [-0.15, -0.1) is 0 Å². The first-order chi connectivity index (χ1) is 11.3. The number of carbonyl (C=O) groups is 1. The van der Waals surface area contributed by atoms with Crippen molar-refractivity contribution in [3.8, 4) is 0 Å². The third-order valence-electron chi connectivity index (χ3n) is 3.59. The minimum Gasteiger partial charge on any atom is -0.332 e. The van der Waals surface area contributed by atoms with E-state index in [1.807, 2.05) is 0 Å². The van der Waals surface area contributed by atoms with Gasteiger partial charge in [0, 0.05) is 5.56 Å². The quantitative estimate of drug-likeness (QED) is 0.768. The Morgan fingerprint density at radius 3 is 2.54 bits per heavy atom. The summed E-state index contributed by atoms with van der Waals surface area (Å²) in [6.45, 7) is 3.59. The second-order valence-corrected chi connectivity index (χ2v) is 6.36. The summed E-state index contributed by atoms with van der Waals surface area (Å²) in [7, 11) is 0. The number of rotatable bonds is 5. The molecular weight excluding hydrogens is 357 g/mol. The van der Waals surface area contributed by atoms with Crippen molar-refractivity contribution in [3.63, 3.8) is 0 Å². The van der Waals surface area contributed by atoms with Gasteiger partial charge in [-0.1, -0.05) is 29.3 Å². The maximum absolute atomic E-state index is 13.7. The molecule has 0 radical (unpaired) electrons. The Bertz CT molecular complexity index is 768. The summed E-state index contributed by atoms with van der Waals surface area (Å²) < 4.78 is 27.3. The Hall–Kier alpha value is -1.69. The summed E-state index contributed by atoms with van der Waals surface area (Å²) in [4.78, 5) is 12.0. The molecule has 128 valence electrons. The summed E-state index contributed by atoms with van der Waals surface area (Å²) in [5.74, 6) is -1.42. The van der Waals surface area contributed by atoms with Crippen LogP contribution >= 0.6 is 23.2 Å². The number of hydrogen-bond donors (Lipinski definition) is 2. The van der Waals surface area contributed by atoms with Crippen LogP contribution in [0.1, 0.15) is 24.1 Å². The fourth-order valence-corrected chi connectivity index (χ4v) is 2.78. The van der Waals surface area contributed by atoms with Gasteiger partial charge in [0.1, 0.15) is 17.7 Å². The molecule has 0 fully saturated rings. The Labute approximate surface area is 149 Å². The zero-order valence-corrected chi connectivity index (χ0v) is 14.7. The molecule has 0 bridgehead atoms. The standard InChI is InChI=1S/C17H16Cl2F2N2O/c1-9-3-4-16(15(21)5-9)23-17(24)8-22-10(2)11-6-14(20)13(19)7-12(11)18/h3-7,10,22H,8H2,1-2H3,(H,23,24)/p+1/t10-/m1/s1. The zero-order chi connectivity index (χ0) is 17.9. The van der Waals surface area contributed by atoms with Crippen molar-refractivity contribution in [1.29, 1.82) is 0 Å². The van der Waals surface area contributed by atoms with Crippen LogP contribution in [0.3, 0.4) is 0 Å². The number of quaternary nitrogens is 1. The molecule has 0 aliphatic rings. The van der Waals surface area contributed by atoms with E-state index >= 15 is 0 Å². The summed E-state index contributed by atoms with van der Waals surface area (Å²) in [6.07, 6.45) is 0. The van der Waals surface area contributed by atoms with Crippen LogP contribution in [0.15, 0.2) is 30.3 Å². The maximum atomic E-state index is 13.7. The van der Waals surface area contributed by atoms with E-state index in [2.05, 4.69) is 5.32 Å². The minimum atomic E-state index is -0.567. The van der Waals surface area contributed by atoms with Crippen LogP contribution in [0.5, 0.6) is 0 Å². The van der Waals surface area contributed by atoms with E-state index < -0.39 is 11.6 Å². The Morgan fingerprint density at radius 1 is 1.17 bits per heavy atom. The fourth-order valence-electron chi connectivity index (χ4n) is 2.22. The molecule has 1 atom stereocenters. The highest BCUT2D eigenvalue weighted by Crippen LogP contribution is 2.27. The number of hydrogen-bond acceptors (Lipinski definition) is 1. The molecule has 3 N–H and O–H groups in total. The van der Waals surface area contributed by atoms with Crippen LogP contribution in [0.25, 0.3) is 0 Å². The normalized spacial score (nSPS) is 12.1. The van der Waals surface area contributed by atoms with Crippen molar-refractivity contribution in [2.45, 2.75) is 19.9 Å². The van der Waals surface area contributed by atoms with Crippen molar-refractivity contribution in [3.05, 3.63) is 63.1 Å². The number of halogens is 4. The lowest BCUT2D eigenvalue weighted by molar-refractivity contribution is -0.682. The molecule has 0 aliphatic carbocycles. The van der Waals surface area contributed by atoms with Crippen LogP contribution in [0, 0.1) is 18.6 Å². The lowest BCUT2D eigenvalue weighted by atomic mass is 10.1. The Kier molecular flexibility index (Phi) is 6.15. The van der Waals surface area contributed by atoms with Crippen molar-refractivity contribution in [2.75, 3.05) is 11.9 Å². The number of anilines is 1.